The second kappa shape index (κ2) is 6.01. The maximum absolute atomic E-state index is 12.9. The van der Waals surface area contributed by atoms with Gasteiger partial charge in [-0.25, -0.2) is 0 Å². The third-order valence-corrected chi connectivity index (χ3v) is 5.14. The third-order valence-electron chi connectivity index (χ3n) is 5.14. The van der Waals surface area contributed by atoms with Gasteiger partial charge in [0.15, 0.2) is 5.78 Å². The first-order chi connectivity index (χ1) is 10.2. The Morgan fingerprint density at radius 2 is 1.62 bits per heavy atom. The van der Waals surface area contributed by atoms with Gasteiger partial charge in [-0.2, -0.15) is 0 Å². The van der Waals surface area contributed by atoms with Gasteiger partial charge in [0.2, 0.25) is 0 Å². The highest BCUT2D eigenvalue weighted by molar-refractivity contribution is 6.09. The summed E-state index contributed by atoms with van der Waals surface area (Å²) in [5, 5.41) is 2.27. The summed E-state index contributed by atoms with van der Waals surface area (Å²) in [7, 11) is 0. The van der Waals surface area contributed by atoms with Crippen molar-refractivity contribution in [1.29, 1.82) is 0 Å². The normalized spacial score (nSPS) is 22.6. The first kappa shape index (κ1) is 14.3. The Morgan fingerprint density at radius 3 is 2.33 bits per heavy atom. The number of rotatable bonds is 3. The van der Waals surface area contributed by atoms with E-state index in [4.69, 9.17) is 0 Å². The molecule has 21 heavy (non-hydrogen) atoms. The van der Waals surface area contributed by atoms with Crippen LogP contribution < -0.4 is 0 Å². The molecule has 0 heterocycles. The van der Waals surface area contributed by atoms with E-state index < -0.39 is 0 Å². The van der Waals surface area contributed by atoms with Gasteiger partial charge in [0.05, 0.1) is 0 Å². The second-order valence-corrected chi connectivity index (χ2v) is 6.75. The highest BCUT2D eigenvalue weighted by Crippen LogP contribution is 2.35. The lowest BCUT2D eigenvalue weighted by atomic mass is 9.74. The molecule has 0 amide bonds. The molecule has 110 valence electrons. The number of hydrogen-bond donors (Lipinski definition) is 0. The molecule has 0 aromatic heterocycles. The van der Waals surface area contributed by atoms with Crippen LogP contribution in [0.1, 0.15) is 49.9 Å². The molecule has 1 saturated carbocycles. The first-order valence-corrected chi connectivity index (χ1v) is 8.19. The molecule has 1 heteroatoms. The predicted molar refractivity (Wildman–Crippen MR) is 88.6 cm³/mol. The van der Waals surface area contributed by atoms with E-state index in [1.807, 2.05) is 24.3 Å². The number of carbonyl (C=O) groups excluding carboxylic acids is 1. The lowest BCUT2D eigenvalue weighted by Gasteiger charge is -2.30. The molecule has 1 aliphatic carbocycles. The summed E-state index contributed by atoms with van der Waals surface area (Å²) in [6, 6.07) is 14.3. The highest BCUT2D eigenvalue weighted by atomic mass is 16.1. The maximum Gasteiger partial charge on any atom is 0.166 e. The van der Waals surface area contributed by atoms with Crippen molar-refractivity contribution >= 4 is 16.6 Å². The number of fused-ring (bicyclic) bond motifs is 1. The smallest absolute Gasteiger partial charge is 0.166 e. The van der Waals surface area contributed by atoms with Crippen molar-refractivity contribution in [2.24, 2.45) is 17.8 Å². The second-order valence-electron chi connectivity index (χ2n) is 6.75. The number of hydrogen-bond acceptors (Lipinski definition) is 1. The minimum Gasteiger partial charge on any atom is -0.294 e. The third kappa shape index (κ3) is 2.88. The van der Waals surface area contributed by atoms with Gasteiger partial charge in [0.1, 0.15) is 0 Å². The van der Waals surface area contributed by atoms with Crippen molar-refractivity contribution in [2.75, 3.05) is 0 Å². The molecule has 0 atom stereocenters. The molecule has 1 nitrogen and oxygen atoms in total. The van der Waals surface area contributed by atoms with Crippen LogP contribution in [-0.4, -0.2) is 5.78 Å². The summed E-state index contributed by atoms with van der Waals surface area (Å²) in [6.07, 6.45) is 4.54. The van der Waals surface area contributed by atoms with Gasteiger partial charge in [-0.15, -0.1) is 0 Å². The molecule has 0 spiro atoms. The molecule has 0 unspecified atom stereocenters. The van der Waals surface area contributed by atoms with Gasteiger partial charge in [-0.3, -0.25) is 4.79 Å². The van der Waals surface area contributed by atoms with Gasteiger partial charge in [0, 0.05) is 11.5 Å². The zero-order valence-electron chi connectivity index (χ0n) is 13.0. The van der Waals surface area contributed by atoms with E-state index in [1.54, 1.807) is 0 Å². The fourth-order valence-electron chi connectivity index (χ4n) is 3.71. The number of Topliss-reactive ketones (excluding diaryl/α,β-unsaturated/α-hetero) is 1. The Kier molecular flexibility index (Phi) is 4.10. The van der Waals surface area contributed by atoms with Crippen molar-refractivity contribution in [1.82, 2.24) is 0 Å². The van der Waals surface area contributed by atoms with Crippen LogP contribution in [0.3, 0.4) is 0 Å². The Balaban J connectivity index is 1.82. The van der Waals surface area contributed by atoms with Crippen molar-refractivity contribution in [2.45, 2.75) is 39.5 Å². The molecular weight excluding hydrogens is 256 g/mol. The summed E-state index contributed by atoms with van der Waals surface area (Å²) in [5.74, 6) is 2.14. The van der Waals surface area contributed by atoms with E-state index in [0.29, 0.717) is 5.78 Å². The van der Waals surface area contributed by atoms with Gasteiger partial charge >= 0.3 is 0 Å². The molecule has 1 aliphatic rings. The maximum atomic E-state index is 12.9. The van der Waals surface area contributed by atoms with Crippen LogP contribution in [0, 0.1) is 17.8 Å². The van der Waals surface area contributed by atoms with Crippen molar-refractivity contribution in [3.63, 3.8) is 0 Å². The van der Waals surface area contributed by atoms with Crippen LogP contribution in [0.25, 0.3) is 10.8 Å². The molecular formula is C20H24O. The minimum atomic E-state index is 0.228. The van der Waals surface area contributed by atoms with Crippen LogP contribution in [0.2, 0.25) is 0 Å². The number of carbonyl (C=O) groups is 1. The fraction of sp³-hybridized carbons (Fsp3) is 0.450. The van der Waals surface area contributed by atoms with Crippen LogP contribution in [-0.2, 0) is 0 Å². The van der Waals surface area contributed by atoms with E-state index in [1.165, 1.54) is 18.2 Å². The van der Waals surface area contributed by atoms with E-state index in [9.17, 15) is 4.79 Å². The first-order valence-electron chi connectivity index (χ1n) is 8.19. The van der Waals surface area contributed by atoms with Gasteiger partial charge in [0.25, 0.3) is 0 Å². The summed E-state index contributed by atoms with van der Waals surface area (Å²) >= 11 is 0. The van der Waals surface area contributed by atoms with Gasteiger partial charge in [-0.1, -0.05) is 56.3 Å². The molecule has 0 saturated heterocycles. The Hall–Kier alpha value is -1.63. The lowest BCUT2D eigenvalue weighted by Crippen LogP contribution is -2.24. The summed E-state index contributed by atoms with van der Waals surface area (Å²) in [4.78, 5) is 12.9. The Bertz CT molecular complexity index is 628. The molecule has 1 fully saturated rings. The minimum absolute atomic E-state index is 0.228. The Labute approximate surface area is 127 Å². The summed E-state index contributed by atoms with van der Waals surface area (Å²) in [6.45, 7) is 4.61. The SMILES string of the molecule is CC(C)C1CCC(C(=O)c2cccc3ccccc23)CC1. The number of ketones is 1. The fourth-order valence-corrected chi connectivity index (χ4v) is 3.71. The van der Waals surface area contributed by atoms with Crippen LogP contribution >= 0.6 is 0 Å². The van der Waals surface area contributed by atoms with E-state index >= 15 is 0 Å². The predicted octanol–water partition coefficient (Wildman–Crippen LogP) is 5.48. The van der Waals surface area contributed by atoms with Crippen molar-refractivity contribution < 1.29 is 4.79 Å². The van der Waals surface area contributed by atoms with Crippen LogP contribution in [0.15, 0.2) is 42.5 Å². The number of benzene rings is 2. The van der Waals surface area contributed by atoms with Gasteiger partial charge < -0.3 is 0 Å². The average Bonchev–Trinajstić information content (AvgIpc) is 2.53. The molecule has 0 radical (unpaired) electrons. The monoisotopic (exact) mass is 280 g/mol. The van der Waals surface area contributed by atoms with E-state index in [0.717, 1.165) is 35.6 Å². The quantitative estimate of drug-likeness (QED) is 0.680. The molecule has 2 aromatic rings. The molecule has 3 rings (SSSR count). The molecule has 0 bridgehead atoms. The molecule has 0 aliphatic heterocycles. The van der Waals surface area contributed by atoms with Crippen molar-refractivity contribution in [3.05, 3.63) is 48.0 Å². The molecule has 0 N–H and O–H groups in total. The van der Waals surface area contributed by atoms with E-state index in [2.05, 4.69) is 32.0 Å². The van der Waals surface area contributed by atoms with E-state index in [-0.39, 0.29) is 5.92 Å². The highest BCUT2D eigenvalue weighted by Gasteiger charge is 2.28. The molecule has 2 aromatic carbocycles. The zero-order valence-corrected chi connectivity index (χ0v) is 13.0. The van der Waals surface area contributed by atoms with Gasteiger partial charge in [-0.05, 0) is 48.3 Å². The zero-order chi connectivity index (χ0) is 14.8. The lowest BCUT2D eigenvalue weighted by molar-refractivity contribution is 0.0861. The van der Waals surface area contributed by atoms with Crippen molar-refractivity contribution in [3.8, 4) is 0 Å². The topological polar surface area (TPSA) is 17.1 Å². The standard InChI is InChI=1S/C20H24O/c1-14(2)15-10-12-17(13-11-15)20(21)19-9-5-7-16-6-3-4-8-18(16)19/h3-9,14-15,17H,10-13H2,1-2H3. The summed E-state index contributed by atoms with van der Waals surface area (Å²) in [5.41, 5.74) is 0.918. The van der Waals surface area contributed by atoms with Crippen LogP contribution in [0.5, 0.6) is 0 Å². The largest absolute Gasteiger partial charge is 0.294 e. The van der Waals surface area contributed by atoms with Crippen LogP contribution in [0.4, 0.5) is 0 Å². The average molecular weight is 280 g/mol. The Morgan fingerprint density at radius 1 is 0.952 bits per heavy atom. The summed E-state index contributed by atoms with van der Waals surface area (Å²) < 4.78 is 0.